The Morgan fingerprint density at radius 1 is 1.03 bits per heavy atom. The highest BCUT2D eigenvalue weighted by atomic mass is 79.9. The van der Waals surface area contributed by atoms with Gasteiger partial charge >= 0.3 is 0 Å². The maximum Gasteiger partial charge on any atom is 0.256 e. The Morgan fingerprint density at radius 2 is 1.71 bits per heavy atom. The lowest BCUT2D eigenvalue weighted by molar-refractivity contribution is 0.0695. The van der Waals surface area contributed by atoms with Gasteiger partial charge in [0.15, 0.2) is 5.65 Å². The van der Waals surface area contributed by atoms with Crippen LogP contribution >= 0.6 is 50.7 Å². The van der Waals surface area contributed by atoms with E-state index >= 15 is 0 Å². The highest BCUT2D eigenvalue weighted by molar-refractivity contribution is 9.10. The average Bonchev–Trinajstić information content (AvgIpc) is 3.23. The fraction of sp³-hybridized carbons (Fsp3) is 0.240. The van der Waals surface area contributed by atoms with Crippen molar-refractivity contribution in [1.82, 2.24) is 19.5 Å². The molecule has 0 saturated carbocycles. The molecule has 0 atom stereocenters. The lowest BCUT2D eigenvalue weighted by Gasteiger charge is -2.32. The first-order valence-electron chi connectivity index (χ1n) is 11.2. The van der Waals surface area contributed by atoms with Gasteiger partial charge in [0.05, 0.1) is 32.0 Å². The largest absolute Gasteiger partial charge is 0.370 e. The van der Waals surface area contributed by atoms with Gasteiger partial charge in [-0.2, -0.15) is 9.61 Å². The zero-order chi connectivity index (χ0) is 24.5. The lowest BCUT2D eigenvalue weighted by atomic mass is 9.96. The molecule has 1 aliphatic heterocycles. The van der Waals surface area contributed by atoms with Crippen molar-refractivity contribution in [3.8, 4) is 11.3 Å². The van der Waals surface area contributed by atoms with Gasteiger partial charge in [-0.05, 0) is 52.9 Å². The van der Waals surface area contributed by atoms with Gasteiger partial charge in [-0.3, -0.25) is 4.79 Å². The van der Waals surface area contributed by atoms with Gasteiger partial charge in [0.25, 0.3) is 5.91 Å². The number of nitrogens with zero attached hydrogens (tertiary/aromatic N) is 4. The highest BCUT2D eigenvalue weighted by Crippen LogP contribution is 2.31. The number of halogens is 4. The van der Waals surface area contributed by atoms with Gasteiger partial charge in [0.1, 0.15) is 5.82 Å². The number of benzene rings is 2. The third kappa shape index (κ3) is 5.00. The number of likely N-dealkylation sites (tertiary alicyclic amines) is 1. The van der Waals surface area contributed by atoms with Crippen LogP contribution < -0.4 is 5.32 Å². The van der Waals surface area contributed by atoms with Crippen LogP contribution in [0.4, 0.5) is 5.82 Å². The molecule has 0 aliphatic carbocycles. The molecule has 2 aromatic heterocycles. The summed E-state index contributed by atoms with van der Waals surface area (Å²) in [7, 11) is 0. The first-order valence-corrected chi connectivity index (χ1v) is 13.1. The van der Waals surface area contributed by atoms with Crippen LogP contribution in [0, 0.1) is 5.92 Å². The third-order valence-corrected chi connectivity index (χ3v) is 7.75. The van der Waals surface area contributed by atoms with Crippen LogP contribution in [0.1, 0.15) is 23.2 Å². The van der Waals surface area contributed by atoms with Gasteiger partial charge in [-0.1, -0.05) is 59.1 Å². The minimum atomic E-state index is -0.117. The van der Waals surface area contributed by atoms with Crippen LogP contribution in [-0.4, -0.2) is 45.0 Å². The quantitative estimate of drug-likeness (QED) is 0.269. The second kappa shape index (κ2) is 10.3. The minimum absolute atomic E-state index is 0.117. The molecule has 10 heteroatoms. The van der Waals surface area contributed by atoms with Gasteiger partial charge < -0.3 is 10.2 Å². The van der Waals surface area contributed by atoms with Crippen molar-refractivity contribution in [3.63, 3.8) is 0 Å². The van der Waals surface area contributed by atoms with E-state index < -0.39 is 0 Å². The van der Waals surface area contributed by atoms with E-state index in [1.807, 2.05) is 35.2 Å². The average molecular weight is 594 g/mol. The standard InChI is InChI=1S/C25H21BrCl3N5O/c26-17-14-31-34-22(12-21(32-24(17)34)16-4-1-2-5-18(16)27)30-13-15-8-10-33(11-9-15)25(35)23-19(28)6-3-7-20(23)29/h1-7,12,14-15,30H,8-11,13H2. The predicted molar refractivity (Wildman–Crippen MR) is 145 cm³/mol. The molecule has 6 nitrogen and oxygen atoms in total. The molecule has 1 saturated heterocycles. The number of fused-ring (bicyclic) bond motifs is 1. The number of amides is 1. The summed E-state index contributed by atoms with van der Waals surface area (Å²) in [6, 6.07) is 14.7. The molecular weight excluding hydrogens is 573 g/mol. The number of carbonyl (C=O) groups excluding carboxylic acids is 1. The lowest BCUT2D eigenvalue weighted by Crippen LogP contribution is -2.40. The van der Waals surface area contributed by atoms with E-state index in [9.17, 15) is 4.79 Å². The van der Waals surface area contributed by atoms with Crippen molar-refractivity contribution in [1.29, 1.82) is 0 Å². The summed E-state index contributed by atoms with van der Waals surface area (Å²) in [4.78, 5) is 19.6. The molecular formula is C25H21BrCl3N5O. The van der Waals surface area contributed by atoms with Crippen LogP contribution in [0.2, 0.25) is 15.1 Å². The SMILES string of the molecule is O=C(c1c(Cl)cccc1Cl)N1CCC(CNc2cc(-c3ccccc3Cl)nc3c(Br)cnn23)CC1. The smallest absolute Gasteiger partial charge is 0.256 e. The number of aromatic nitrogens is 3. The maximum absolute atomic E-state index is 13.0. The van der Waals surface area contributed by atoms with E-state index in [1.165, 1.54) is 0 Å². The summed E-state index contributed by atoms with van der Waals surface area (Å²) in [5.41, 5.74) is 2.71. The van der Waals surface area contributed by atoms with E-state index in [4.69, 9.17) is 39.8 Å². The number of hydrogen-bond donors (Lipinski definition) is 1. The van der Waals surface area contributed by atoms with E-state index in [0.717, 1.165) is 40.9 Å². The first kappa shape index (κ1) is 24.4. The summed E-state index contributed by atoms with van der Waals surface area (Å²) in [6.07, 6.45) is 3.47. The third-order valence-electron chi connectivity index (χ3n) is 6.23. The minimum Gasteiger partial charge on any atom is -0.370 e. The zero-order valence-electron chi connectivity index (χ0n) is 18.5. The molecule has 2 aromatic carbocycles. The molecule has 180 valence electrons. The zero-order valence-corrected chi connectivity index (χ0v) is 22.4. The van der Waals surface area contributed by atoms with Gasteiger partial charge in [0, 0.05) is 36.3 Å². The molecule has 3 heterocycles. The van der Waals surface area contributed by atoms with Crippen LogP contribution in [0.5, 0.6) is 0 Å². The van der Waals surface area contributed by atoms with E-state index in [1.54, 1.807) is 28.9 Å². The highest BCUT2D eigenvalue weighted by Gasteiger charge is 2.26. The van der Waals surface area contributed by atoms with Gasteiger partial charge in [0.2, 0.25) is 0 Å². The Kier molecular flexibility index (Phi) is 7.21. The maximum atomic E-state index is 13.0. The summed E-state index contributed by atoms with van der Waals surface area (Å²) in [6.45, 7) is 2.04. The summed E-state index contributed by atoms with van der Waals surface area (Å²) in [5.74, 6) is 1.11. The molecule has 0 unspecified atom stereocenters. The second-order valence-corrected chi connectivity index (χ2v) is 10.5. The Morgan fingerprint density at radius 3 is 2.43 bits per heavy atom. The van der Waals surface area contributed by atoms with Crippen molar-refractivity contribution >= 4 is 68.1 Å². The summed E-state index contributed by atoms with van der Waals surface area (Å²) < 4.78 is 2.59. The number of anilines is 1. The molecule has 1 fully saturated rings. The molecule has 0 bridgehead atoms. The fourth-order valence-electron chi connectivity index (χ4n) is 4.32. The fourth-order valence-corrected chi connectivity index (χ4v) is 5.46. The normalized spacial score (nSPS) is 14.5. The number of hydrogen-bond acceptors (Lipinski definition) is 4. The second-order valence-electron chi connectivity index (χ2n) is 8.45. The molecule has 35 heavy (non-hydrogen) atoms. The molecule has 0 radical (unpaired) electrons. The number of carbonyl (C=O) groups is 1. The molecule has 5 rings (SSSR count). The Labute approximate surface area is 226 Å². The van der Waals surface area contributed by atoms with Crippen LogP contribution in [-0.2, 0) is 0 Å². The van der Waals surface area contributed by atoms with Crippen LogP contribution in [0.25, 0.3) is 16.9 Å². The topological polar surface area (TPSA) is 62.5 Å². The van der Waals surface area contributed by atoms with Crippen molar-refractivity contribution in [2.45, 2.75) is 12.8 Å². The Hall–Kier alpha value is -2.32. The molecule has 1 amide bonds. The van der Waals surface area contributed by atoms with Crippen molar-refractivity contribution in [2.24, 2.45) is 5.92 Å². The Balaban J connectivity index is 1.29. The van der Waals surface area contributed by atoms with Crippen molar-refractivity contribution < 1.29 is 4.79 Å². The van der Waals surface area contributed by atoms with Crippen molar-refractivity contribution in [2.75, 3.05) is 25.0 Å². The monoisotopic (exact) mass is 591 g/mol. The van der Waals surface area contributed by atoms with Crippen LogP contribution in [0.3, 0.4) is 0 Å². The van der Waals surface area contributed by atoms with Gasteiger partial charge in [-0.25, -0.2) is 4.98 Å². The van der Waals surface area contributed by atoms with Crippen LogP contribution in [0.15, 0.2) is 59.2 Å². The molecule has 4 aromatic rings. The number of rotatable bonds is 5. The predicted octanol–water partition coefficient (Wildman–Crippen LogP) is 7.08. The van der Waals surface area contributed by atoms with Gasteiger partial charge in [-0.15, -0.1) is 0 Å². The van der Waals surface area contributed by atoms with E-state index in [0.29, 0.717) is 45.3 Å². The Bertz CT molecular complexity index is 1380. The number of nitrogens with one attached hydrogen (secondary N) is 1. The number of piperidine rings is 1. The summed E-state index contributed by atoms with van der Waals surface area (Å²) >= 11 is 22.5. The van der Waals surface area contributed by atoms with Crippen molar-refractivity contribution in [3.05, 3.63) is 79.8 Å². The van der Waals surface area contributed by atoms with E-state index in [-0.39, 0.29) is 5.91 Å². The first-order chi connectivity index (χ1) is 16.9. The molecule has 0 spiro atoms. The molecule has 1 aliphatic rings. The summed E-state index contributed by atoms with van der Waals surface area (Å²) in [5, 5.41) is 9.41. The van der Waals surface area contributed by atoms with E-state index in [2.05, 4.69) is 26.3 Å². The molecule has 1 N–H and O–H groups in total.